The van der Waals surface area contributed by atoms with Crippen molar-refractivity contribution in [2.45, 2.75) is 13.5 Å². The van der Waals surface area contributed by atoms with E-state index in [-0.39, 0.29) is 12.1 Å². The SMILES string of the molecule is COc1ccc(Cl)cc1NC(=O)Cn1nc(C)c2ccccc2c1=O. The van der Waals surface area contributed by atoms with Crippen LogP contribution in [0.25, 0.3) is 10.8 Å². The zero-order valence-corrected chi connectivity index (χ0v) is 14.5. The molecule has 7 heteroatoms. The van der Waals surface area contributed by atoms with E-state index < -0.39 is 5.91 Å². The van der Waals surface area contributed by atoms with Crippen LogP contribution in [-0.4, -0.2) is 22.8 Å². The standard InChI is InChI=1S/C18H16ClN3O3/c1-11-13-5-3-4-6-14(13)18(24)22(21-11)10-17(23)20-15-9-12(19)7-8-16(15)25-2/h3-9H,10H2,1-2H3,(H,20,23). The number of rotatable bonds is 4. The van der Waals surface area contributed by atoms with E-state index in [0.717, 1.165) is 10.1 Å². The Labute approximate surface area is 149 Å². The fourth-order valence-corrected chi connectivity index (χ4v) is 2.79. The van der Waals surface area contributed by atoms with E-state index in [1.165, 1.54) is 7.11 Å². The van der Waals surface area contributed by atoms with Crippen LogP contribution in [0.3, 0.4) is 0 Å². The fraction of sp³-hybridized carbons (Fsp3) is 0.167. The summed E-state index contributed by atoms with van der Waals surface area (Å²) in [6, 6.07) is 12.1. The van der Waals surface area contributed by atoms with E-state index in [1.54, 1.807) is 37.3 Å². The highest BCUT2D eigenvalue weighted by molar-refractivity contribution is 6.31. The molecule has 6 nitrogen and oxygen atoms in total. The van der Waals surface area contributed by atoms with Crippen molar-refractivity contribution in [1.29, 1.82) is 0 Å². The predicted octanol–water partition coefficient (Wildman–Crippen LogP) is 3.01. The van der Waals surface area contributed by atoms with E-state index in [4.69, 9.17) is 16.3 Å². The van der Waals surface area contributed by atoms with Crippen molar-refractivity contribution in [2.24, 2.45) is 0 Å². The Morgan fingerprint density at radius 3 is 2.68 bits per heavy atom. The number of anilines is 1. The van der Waals surface area contributed by atoms with Crippen LogP contribution in [-0.2, 0) is 11.3 Å². The summed E-state index contributed by atoms with van der Waals surface area (Å²) >= 11 is 5.95. The number of hydrogen-bond donors (Lipinski definition) is 1. The number of carbonyl (C=O) groups is 1. The number of fused-ring (bicyclic) bond motifs is 1. The molecule has 3 aromatic rings. The van der Waals surface area contributed by atoms with Gasteiger partial charge in [-0.05, 0) is 31.2 Å². The maximum absolute atomic E-state index is 12.5. The molecule has 0 spiro atoms. The van der Waals surface area contributed by atoms with Crippen molar-refractivity contribution in [3.63, 3.8) is 0 Å². The molecule has 0 saturated carbocycles. The average molecular weight is 358 g/mol. The first-order chi connectivity index (χ1) is 12.0. The van der Waals surface area contributed by atoms with Crippen LogP contribution in [0.2, 0.25) is 5.02 Å². The Bertz CT molecular complexity index is 1010. The number of nitrogens with one attached hydrogen (secondary N) is 1. The van der Waals surface area contributed by atoms with Gasteiger partial charge in [0.05, 0.1) is 23.9 Å². The second-order valence-electron chi connectivity index (χ2n) is 5.49. The van der Waals surface area contributed by atoms with Gasteiger partial charge in [-0.2, -0.15) is 5.10 Å². The minimum Gasteiger partial charge on any atom is -0.495 e. The van der Waals surface area contributed by atoms with Crippen LogP contribution >= 0.6 is 11.6 Å². The molecule has 0 unspecified atom stereocenters. The second-order valence-corrected chi connectivity index (χ2v) is 5.92. The first-order valence-corrected chi connectivity index (χ1v) is 7.97. The van der Waals surface area contributed by atoms with Gasteiger partial charge >= 0.3 is 0 Å². The average Bonchev–Trinajstić information content (AvgIpc) is 2.59. The Morgan fingerprint density at radius 2 is 1.96 bits per heavy atom. The number of halogens is 1. The largest absolute Gasteiger partial charge is 0.495 e. The fourth-order valence-electron chi connectivity index (χ4n) is 2.62. The molecular formula is C18H16ClN3O3. The maximum Gasteiger partial charge on any atom is 0.275 e. The van der Waals surface area contributed by atoms with E-state index in [1.807, 2.05) is 12.1 Å². The van der Waals surface area contributed by atoms with E-state index >= 15 is 0 Å². The topological polar surface area (TPSA) is 73.2 Å². The normalized spacial score (nSPS) is 10.7. The molecule has 128 valence electrons. The molecule has 0 aliphatic heterocycles. The zero-order valence-electron chi connectivity index (χ0n) is 13.7. The van der Waals surface area contributed by atoms with Crippen LogP contribution < -0.4 is 15.6 Å². The summed E-state index contributed by atoms with van der Waals surface area (Å²) in [5, 5.41) is 8.70. The van der Waals surface area contributed by atoms with Crippen molar-refractivity contribution in [2.75, 3.05) is 12.4 Å². The summed E-state index contributed by atoms with van der Waals surface area (Å²) < 4.78 is 6.35. The first-order valence-electron chi connectivity index (χ1n) is 7.59. The second kappa shape index (κ2) is 6.94. The summed E-state index contributed by atoms with van der Waals surface area (Å²) in [7, 11) is 1.50. The minimum atomic E-state index is -0.398. The zero-order chi connectivity index (χ0) is 18.0. The lowest BCUT2D eigenvalue weighted by molar-refractivity contribution is -0.117. The molecule has 0 fully saturated rings. The van der Waals surface area contributed by atoms with Crippen molar-refractivity contribution in [1.82, 2.24) is 9.78 Å². The highest BCUT2D eigenvalue weighted by atomic mass is 35.5. The van der Waals surface area contributed by atoms with Gasteiger partial charge in [0.1, 0.15) is 12.3 Å². The Kier molecular flexibility index (Phi) is 4.72. The summed E-state index contributed by atoms with van der Waals surface area (Å²) in [5.41, 5.74) is 0.809. The smallest absolute Gasteiger partial charge is 0.275 e. The molecule has 0 atom stereocenters. The summed E-state index contributed by atoms with van der Waals surface area (Å²) in [5.74, 6) is 0.0811. The molecule has 1 N–H and O–H groups in total. The molecule has 2 aromatic carbocycles. The number of aryl methyl sites for hydroxylation is 1. The lowest BCUT2D eigenvalue weighted by atomic mass is 10.1. The summed E-state index contributed by atoms with van der Waals surface area (Å²) in [6.07, 6.45) is 0. The molecule has 1 aromatic heterocycles. The van der Waals surface area contributed by atoms with Crippen molar-refractivity contribution < 1.29 is 9.53 Å². The Balaban J connectivity index is 1.89. The third kappa shape index (κ3) is 3.49. The van der Waals surface area contributed by atoms with Gasteiger partial charge in [0.25, 0.3) is 5.56 Å². The van der Waals surface area contributed by atoms with Crippen molar-refractivity contribution in [3.05, 3.63) is 63.5 Å². The number of carbonyl (C=O) groups excluding carboxylic acids is 1. The molecule has 0 aliphatic carbocycles. The molecule has 0 radical (unpaired) electrons. The van der Waals surface area contributed by atoms with Crippen LogP contribution in [0.5, 0.6) is 5.75 Å². The molecular weight excluding hydrogens is 342 g/mol. The van der Waals surface area contributed by atoms with Crippen LogP contribution in [0.1, 0.15) is 5.69 Å². The van der Waals surface area contributed by atoms with Gasteiger partial charge in [0.15, 0.2) is 0 Å². The Morgan fingerprint density at radius 1 is 1.24 bits per heavy atom. The number of hydrogen-bond acceptors (Lipinski definition) is 4. The highest BCUT2D eigenvalue weighted by Gasteiger charge is 2.13. The third-order valence-electron chi connectivity index (χ3n) is 3.78. The predicted molar refractivity (Wildman–Crippen MR) is 97.4 cm³/mol. The van der Waals surface area contributed by atoms with Crippen LogP contribution in [0.4, 0.5) is 5.69 Å². The van der Waals surface area contributed by atoms with E-state index in [0.29, 0.717) is 27.5 Å². The molecule has 0 aliphatic rings. The highest BCUT2D eigenvalue weighted by Crippen LogP contribution is 2.27. The number of methoxy groups -OCH3 is 1. The number of aromatic nitrogens is 2. The number of nitrogens with zero attached hydrogens (tertiary/aromatic N) is 2. The summed E-state index contributed by atoms with van der Waals surface area (Å²) in [6.45, 7) is 1.59. The molecule has 3 rings (SSSR count). The van der Waals surface area contributed by atoms with Crippen molar-refractivity contribution in [3.8, 4) is 5.75 Å². The monoisotopic (exact) mass is 357 g/mol. The molecule has 1 heterocycles. The van der Waals surface area contributed by atoms with Gasteiger partial charge < -0.3 is 10.1 Å². The van der Waals surface area contributed by atoms with Gasteiger partial charge in [-0.3, -0.25) is 9.59 Å². The number of ether oxygens (including phenoxy) is 1. The first kappa shape index (κ1) is 17.0. The van der Waals surface area contributed by atoms with Crippen molar-refractivity contribution >= 4 is 34.0 Å². The molecule has 1 amide bonds. The lowest BCUT2D eigenvalue weighted by Crippen LogP contribution is -2.30. The van der Waals surface area contributed by atoms with Gasteiger partial charge in [-0.25, -0.2) is 4.68 Å². The maximum atomic E-state index is 12.5. The quantitative estimate of drug-likeness (QED) is 0.779. The van der Waals surface area contributed by atoms with Gasteiger partial charge in [-0.1, -0.05) is 29.8 Å². The Hall–Kier alpha value is -2.86. The van der Waals surface area contributed by atoms with Gasteiger partial charge in [0.2, 0.25) is 5.91 Å². The molecule has 0 saturated heterocycles. The number of amides is 1. The van der Waals surface area contributed by atoms with Crippen LogP contribution in [0.15, 0.2) is 47.3 Å². The number of benzene rings is 2. The lowest BCUT2D eigenvalue weighted by Gasteiger charge is -2.12. The van der Waals surface area contributed by atoms with E-state index in [2.05, 4.69) is 10.4 Å². The molecule has 25 heavy (non-hydrogen) atoms. The van der Waals surface area contributed by atoms with Crippen LogP contribution in [0, 0.1) is 6.92 Å². The van der Waals surface area contributed by atoms with Gasteiger partial charge in [-0.15, -0.1) is 0 Å². The third-order valence-corrected chi connectivity index (χ3v) is 4.02. The van der Waals surface area contributed by atoms with E-state index in [9.17, 15) is 9.59 Å². The summed E-state index contributed by atoms with van der Waals surface area (Å²) in [4.78, 5) is 24.9. The minimum absolute atomic E-state index is 0.208. The van der Waals surface area contributed by atoms with Gasteiger partial charge in [0, 0.05) is 10.4 Å². The molecule has 0 bridgehead atoms.